The number of sulfonamides is 1. The van der Waals surface area contributed by atoms with Gasteiger partial charge in [0, 0.05) is 58.4 Å². The maximum Gasteiger partial charge on any atom is 0.268 e. The van der Waals surface area contributed by atoms with E-state index in [0.29, 0.717) is 76.0 Å². The first-order valence-electron chi connectivity index (χ1n) is 13.3. The predicted octanol–water partition coefficient (Wildman–Crippen LogP) is 1.79. The molecule has 0 aromatic heterocycles. The van der Waals surface area contributed by atoms with Crippen molar-refractivity contribution in [1.29, 1.82) is 0 Å². The first-order valence-corrected chi connectivity index (χ1v) is 14.8. The maximum atomic E-state index is 13.6. The number of alkyl halides is 1. The number of amides is 1. The van der Waals surface area contributed by atoms with Gasteiger partial charge in [0.15, 0.2) is 0 Å². The van der Waals surface area contributed by atoms with Crippen LogP contribution < -0.4 is 10.1 Å². The fourth-order valence-electron chi connectivity index (χ4n) is 5.69. The average molecular weight is 536 g/mol. The normalized spacial score (nSPS) is 23.9. The van der Waals surface area contributed by atoms with E-state index < -0.39 is 16.1 Å². The largest absolute Gasteiger partial charge is 0.494 e. The van der Waals surface area contributed by atoms with E-state index in [1.807, 2.05) is 18.9 Å². The second-order valence-electron chi connectivity index (χ2n) is 10.5. The molecule has 1 saturated heterocycles. The molecule has 3 aliphatic heterocycles. The van der Waals surface area contributed by atoms with Crippen molar-refractivity contribution in [1.82, 2.24) is 24.3 Å². The fourth-order valence-corrected chi connectivity index (χ4v) is 7.15. The van der Waals surface area contributed by atoms with Crippen molar-refractivity contribution >= 4 is 15.9 Å². The van der Waals surface area contributed by atoms with Gasteiger partial charge in [-0.15, -0.1) is 0 Å². The number of ether oxygens (including phenoxy) is 1. The van der Waals surface area contributed by atoms with E-state index in [1.54, 1.807) is 18.2 Å². The van der Waals surface area contributed by atoms with E-state index in [4.69, 9.17) is 4.74 Å². The van der Waals surface area contributed by atoms with Gasteiger partial charge in [-0.25, -0.2) is 8.42 Å². The van der Waals surface area contributed by atoms with Crippen LogP contribution in [0.5, 0.6) is 5.75 Å². The van der Waals surface area contributed by atoms with E-state index in [1.165, 1.54) is 17.1 Å². The third-order valence-corrected chi connectivity index (χ3v) is 9.61. The predicted molar refractivity (Wildman–Crippen MR) is 138 cm³/mol. The number of hydrogen-bond donors (Lipinski definition) is 1. The van der Waals surface area contributed by atoms with Crippen molar-refractivity contribution in [2.75, 3.05) is 72.8 Å². The Bertz CT molecular complexity index is 1150. The highest BCUT2D eigenvalue weighted by molar-refractivity contribution is 7.89. The summed E-state index contributed by atoms with van der Waals surface area (Å²) in [6.45, 7) is 6.89. The molecule has 2 fully saturated rings. The van der Waals surface area contributed by atoms with Crippen molar-refractivity contribution < 1.29 is 22.3 Å². The number of benzene rings is 1. The van der Waals surface area contributed by atoms with Crippen LogP contribution in [-0.4, -0.2) is 106 Å². The zero-order chi connectivity index (χ0) is 26.2. The lowest BCUT2D eigenvalue weighted by molar-refractivity contribution is -0.118. The first kappa shape index (κ1) is 26.4. The Morgan fingerprint density at radius 1 is 1.14 bits per heavy atom. The second kappa shape index (κ2) is 10.9. The number of likely N-dealkylation sites (N-methyl/N-ethyl adjacent to an activating group) is 1. The quantitative estimate of drug-likeness (QED) is 0.489. The van der Waals surface area contributed by atoms with Crippen LogP contribution in [0.4, 0.5) is 4.39 Å². The molecular weight excluding hydrogens is 497 g/mol. The first-order chi connectivity index (χ1) is 17.8. The van der Waals surface area contributed by atoms with Crippen LogP contribution in [0.25, 0.3) is 0 Å². The fraction of sp³-hybridized carbons (Fsp3) is 0.654. The molecule has 3 heterocycles. The van der Waals surface area contributed by atoms with Gasteiger partial charge in [-0.2, -0.15) is 4.31 Å². The molecule has 4 aliphatic rings. The van der Waals surface area contributed by atoms with Crippen molar-refractivity contribution in [2.24, 2.45) is 5.92 Å². The zero-order valence-electron chi connectivity index (χ0n) is 21.8. The summed E-state index contributed by atoms with van der Waals surface area (Å²) in [5, 5.41) is 3.11. The van der Waals surface area contributed by atoms with E-state index in [0.717, 1.165) is 18.0 Å². The van der Waals surface area contributed by atoms with Gasteiger partial charge in [0.25, 0.3) is 5.91 Å². The standard InChI is InChI=1S/C26H38FN5O4S/c1-3-36-23-8-7-20(37(34,35)32-13-11-30(12-14-32)10-4-9-27)15-21(23)24-22-17-31(16-19-5-6-19)18-29(2)25(22)26(33)28-24/h7-8,15,19,24H,3-6,9-14,16-18H2,1-2H3,(H,28,33). The third-order valence-electron chi connectivity index (χ3n) is 7.71. The summed E-state index contributed by atoms with van der Waals surface area (Å²) >= 11 is 0. The van der Waals surface area contributed by atoms with E-state index >= 15 is 0 Å². The Hall–Kier alpha value is -2.21. The number of nitrogens with one attached hydrogen (secondary N) is 1. The number of halogens is 1. The highest BCUT2D eigenvalue weighted by atomic mass is 32.2. The number of rotatable bonds is 10. The van der Waals surface area contributed by atoms with Crippen LogP contribution in [0.15, 0.2) is 34.4 Å². The second-order valence-corrected chi connectivity index (χ2v) is 12.4. The van der Waals surface area contributed by atoms with Crippen LogP contribution in [0.2, 0.25) is 0 Å². The molecule has 1 aromatic carbocycles. The lowest BCUT2D eigenvalue weighted by Gasteiger charge is -2.36. The zero-order valence-corrected chi connectivity index (χ0v) is 22.6. The molecule has 1 amide bonds. The molecule has 204 valence electrons. The van der Waals surface area contributed by atoms with Crippen LogP contribution in [0.3, 0.4) is 0 Å². The molecule has 11 heteroatoms. The maximum absolute atomic E-state index is 13.6. The molecule has 1 unspecified atom stereocenters. The molecule has 0 radical (unpaired) electrons. The van der Waals surface area contributed by atoms with E-state index in [-0.39, 0.29) is 17.5 Å². The average Bonchev–Trinajstić information content (AvgIpc) is 3.63. The summed E-state index contributed by atoms with van der Waals surface area (Å²) in [5.74, 6) is 1.18. The van der Waals surface area contributed by atoms with Gasteiger partial charge < -0.3 is 19.9 Å². The lowest BCUT2D eigenvalue weighted by Crippen LogP contribution is -2.48. The van der Waals surface area contributed by atoms with Crippen LogP contribution in [0.1, 0.15) is 37.8 Å². The van der Waals surface area contributed by atoms with Crippen LogP contribution >= 0.6 is 0 Å². The molecule has 9 nitrogen and oxygen atoms in total. The molecule has 1 atom stereocenters. The summed E-state index contributed by atoms with van der Waals surface area (Å²) < 4.78 is 47.2. The smallest absolute Gasteiger partial charge is 0.268 e. The molecule has 1 N–H and O–H groups in total. The summed E-state index contributed by atoms with van der Waals surface area (Å²) in [6, 6.07) is 4.54. The topological polar surface area (TPSA) is 85.4 Å². The number of nitrogens with zero attached hydrogens (tertiary/aromatic N) is 4. The van der Waals surface area contributed by atoms with Gasteiger partial charge in [0.1, 0.15) is 11.4 Å². The summed E-state index contributed by atoms with van der Waals surface area (Å²) in [4.78, 5) is 19.7. The summed E-state index contributed by atoms with van der Waals surface area (Å²) in [5.41, 5.74) is 2.32. The number of piperazine rings is 1. The molecule has 5 rings (SSSR count). The minimum atomic E-state index is -3.73. The molecule has 0 spiro atoms. The highest BCUT2D eigenvalue weighted by Gasteiger charge is 2.41. The third kappa shape index (κ3) is 5.50. The van der Waals surface area contributed by atoms with Gasteiger partial charge in [-0.3, -0.25) is 14.1 Å². The Balaban J connectivity index is 1.42. The number of hydrogen-bond acceptors (Lipinski definition) is 7. The van der Waals surface area contributed by atoms with Crippen molar-refractivity contribution in [3.8, 4) is 5.75 Å². The van der Waals surface area contributed by atoms with Gasteiger partial charge in [-0.05, 0) is 55.9 Å². The van der Waals surface area contributed by atoms with Gasteiger partial charge in [0.2, 0.25) is 10.0 Å². The molecule has 1 aliphatic carbocycles. The van der Waals surface area contributed by atoms with Gasteiger partial charge >= 0.3 is 0 Å². The van der Waals surface area contributed by atoms with Crippen LogP contribution in [-0.2, 0) is 14.8 Å². The molecular formula is C26H38FN5O4S. The summed E-state index contributed by atoms with van der Waals surface area (Å²) in [6.07, 6.45) is 2.98. The Morgan fingerprint density at radius 2 is 1.89 bits per heavy atom. The van der Waals surface area contributed by atoms with Crippen molar-refractivity contribution in [3.63, 3.8) is 0 Å². The van der Waals surface area contributed by atoms with Crippen molar-refractivity contribution in [3.05, 3.63) is 35.0 Å². The minimum Gasteiger partial charge on any atom is -0.494 e. The van der Waals surface area contributed by atoms with Gasteiger partial charge in [0.05, 0.1) is 30.9 Å². The molecule has 1 saturated carbocycles. The van der Waals surface area contributed by atoms with Gasteiger partial charge in [-0.1, -0.05) is 0 Å². The Labute approximate surface area is 219 Å². The molecule has 0 bridgehead atoms. The Morgan fingerprint density at radius 3 is 2.57 bits per heavy atom. The minimum absolute atomic E-state index is 0.131. The lowest BCUT2D eigenvalue weighted by atomic mass is 9.97. The monoisotopic (exact) mass is 535 g/mol. The van der Waals surface area contributed by atoms with Crippen LogP contribution in [0, 0.1) is 5.92 Å². The number of carbonyl (C=O) groups is 1. The highest BCUT2D eigenvalue weighted by Crippen LogP contribution is 2.40. The summed E-state index contributed by atoms with van der Waals surface area (Å²) in [7, 11) is -1.80. The number of carbonyl (C=O) groups excluding carboxylic acids is 1. The Kier molecular flexibility index (Phi) is 7.76. The SMILES string of the molecule is CCOc1ccc(S(=O)(=O)N2CCN(CCCF)CC2)cc1C1NC(=O)C2=C1CN(CC1CC1)CN2C. The van der Waals surface area contributed by atoms with Crippen molar-refractivity contribution in [2.45, 2.75) is 37.1 Å². The van der Waals surface area contributed by atoms with E-state index in [2.05, 4.69) is 15.1 Å². The molecule has 1 aromatic rings. The van der Waals surface area contributed by atoms with E-state index in [9.17, 15) is 17.6 Å². The molecule has 37 heavy (non-hydrogen) atoms.